The Balaban J connectivity index is 0.000000266. The Morgan fingerprint density at radius 3 is 1.71 bits per heavy atom. The first kappa shape index (κ1) is 39.7. The topological polar surface area (TPSA) is 94.6 Å². The molecule has 9 heteroatoms. The van der Waals surface area contributed by atoms with Crippen LogP contribution in [-0.2, 0) is 38.5 Å². The maximum atomic E-state index is 12.5. The molecule has 0 saturated heterocycles. The van der Waals surface area contributed by atoms with Gasteiger partial charge in [0.2, 0.25) is 0 Å². The van der Waals surface area contributed by atoms with Crippen LogP contribution in [0.5, 0.6) is 0 Å². The quantitative estimate of drug-likeness (QED) is 0.146. The second kappa shape index (κ2) is 18.3. The Morgan fingerprint density at radius 2 is 1.24 bits per heavy atom. The fourth-order valence-electron chi connectivity index (χ4n) is 5.38. The van der Waals surface area contributed by atoms with Crippen molar-refractivity contribution >= 4 is 24.5 Å². The summed E-state index contributed by atoms with van der Waals surface area (Å²) in [5.41, 5.74) is 5.16. The van der Waals surface area contributed by atoms with E-state index >= 15 is 0 Å². The summed E-state index contributed by atoms with van der Waals surface area (Å²) in [6.45, 7) is 15.8. The molecule has 2 aromatic rings. The van der Waals surface area contributed by atoms with E-state index in [1.54, 1.807) is 19.1 Å². The molecule has 270 valence electrons. The van der Waals surface area contributed by atoms with Gasteiger partial charge in [0.15, 0.2) is 0 Å². The van der Waals surface area contributed by atoms with Crippen LogP contribution in [0.15, 0.2) is 42.5 Å². The highest BCUT2D eigenvalue weighted by atomic mass is 16.6. The Hall–Kier alpha value is -3.69. The minimum absolute atomic E-state index is 0.201. The van der Waals surface area contributed by atoms with E-state index in [0.29, 0.717) is 31.3 Å². The van der Waals surface area contributed by atoms with Crippen LogP contribution < -0.4 is 0 Å². The molecule has 0 atom stereocenters. The van der Waals surface area contributed by atoms with Crippen molar-refractivity contribution in [1.29, 1.82) is 0 Å². The highest BCUT2D eigenvalue weighted by Crippen LogP contribution is 2.31. The first-order valence-electron chi connectivity index (χ1n) is 17.4. The second-order valence-electron chi connectivity index (χ2n) is 15.1. The van der Waals surface area contributed by atoms with E-state index in [1.807, 2.05) is 76.8 Å². The number of hydrogen-bond acceptors (Lipinski definition) is 7. The van der Waals surface area contributed by atoms with Crippen molar-refractivity contribution in [1.82, 2.24) is 9.80 Å². The minimum Gasteiger partial charge on any atom is -0.444 e. The van der Waals surface area contributed by atoms with Crippen LogP contribution in [0.4, 0.5) is 9.59 Å². The van der Waals surface area contributed by atoms with Gasteiger partial charge in [0.1, 0.15) is 17.5 Å². The van der Waals surface area contributed by atoms with Crippen molar-refractivity contribution < 1.29 is 33.3 Å². The van der Waals surface area contributed by atoms with Crippen LogP contribution in [0.3, 0.4) is 0 Å². The fourth-order valence-corrected chi connectivity index (χ4v) is 5.38. The zero-order valence-corrected chi connectivity index (χ0v) is 31.2. The van der Waals surface area contributed by atoms with Gasteiger partial charge in [0.25, 0.3) is 0 Å². The van der Waals surface area contributed by atoms with Crippen molar-refractivity contribution in [2.45, 2.75) is 123 Å². The maximum absolute atomic E-state index is 12.5. The lowest BCUT2D eigenvalue weighted by Gasteiger charge is -2.27. The lowest BCUT2D eigenvalue weighted by atomic mass is 10.0. The molecule has 0 unspecified atom stereocenters. The lowest BCUT2D eigenvalue weighted by Crippen LogP contribution is -2.37. The number of ether oxygens (including phenoxy) is 4. The maximum Gasteiger partial charge on any atom is 0.410 e. The predicted octanol–water partition coefficient (Wildman–Crippen LogP) is 8.53. The highest BCUT2D eigenvalue weighted by Gasteiger charge is 2.36. The van der Waals surface area contributed by atoms with Crippen molar-refractivity contribution in [2.24, 2.45) is 0 Å². The highest BCUT2D eigenvalue weighted by molar-refractivity contribution is 5.77. The molecule has 0 bridgehead atoms. The molecule has 0 radical (unpaired) electrons. The molecule has 4 rings (SSSR count). The van der Waals surface area contributed by atoms with Crippen molar-refractivity contribution in [3.05, 3.63) is 75.9 Å². The Morgan fingerprint density at radius 1 is 0.735 bits per heavy atom. The summed E-state index contributed by atoms with van der Waals surface area (Å²) >= 11 is 0. The van der Waals surface area contributed by atoms with Crippen LogP contribution in [0.25, 0.3) is 6.08 Å². The summed E-state index contributed by atoms with van der Waals surface area (Å²) in [5, 5.41) is 0. The number of nitrogens with zero attached hydrogens (tertiary/aromatic N) is 2. The van der Waals surface area contributed by atoms with Gasteiger partial charge in [0.05, 0.1) is 6.61 Å². The van der Waals surface area contributed by atoms with E-state index in [4.69, 9.17) is 18.9 Å². The molecule has 2 amide bonds. The van der Waals surface area contributed by atoms with Gasteiger partial charge in [-0.1, -0.05) is 35.9 Å². The second-order valence-corrected chi connectivity index (χ2v) is 15.1. The lowest BCUT2D eigenvalue weighted by molar-refractivity contribution is 0.0206. The van der Waals surface area contributed by atoms with E-state index in [1.165, 1.54) is 16.7 Å². The third kappa shape index (κ3) is 15.2. The Kier molecular flexibility index (Phi) is 14.9. The molecule has 2 saturated carbocycles. The molecular formula is C40H58N2O7. The molecule has 0 aliphatic heterocycles. The Labute approximate surface area is 293 Å². The van der Waals surface area contributed by atoms with Gasteiger partial charge in [-0.2, -0.15) is 0 Å². The first-order chi connectivity index (χ1) is 23.1. The van der Waals surface area contributed by atoms with E-state index in [9.17, 15) is 14.4 Å². The SMILES string of the molecule is COCC=Cc1cc(C=O)cc(CN(C(=O)OC(C)(C)C)C2CC2)c1.COCCCc1cc(C)cc(CN(C(=O)OC(C)(C)C)C2CC2)c1. The van der Waals surface area contributed by atoms with Gasteiger partial charge in [0, 0.05) is 51.6 Å². The molecule has 2 aromatic carbocycles. The van der Waals surface area contributed by atoms with Gasteiger partial charge in [-0.3, -0.25) is 4.79 Å². The van der Waals surface area contributed by atoms with Crippen molar-refractivity contribution in [3.8, 4) is 0 Å². The molecule has 0 spiro atoms. The van der Waals surface area contributed by atoms with E-state index < -0.39 is 11.2 Å². The Bertz CT molecular complexity index is 1410. The van der Waals surface area contributed by atoms with Crippen LogP contribution in [-0.4, -0.2) is 79.0 Å². The largest absolute Gasteiger partial charge is 0.444 e. The summed E-state index contributed by atoms with van der Waals surface area (Å²) in [6, 6.07) is 12.8. The molecule has 2 fully saturated rings. The van der Waals surface area contributed by atoms with Gasteiger partial charge in [-0.25, -0.2) is 9.59 Å². The number of benzene rings is 2. The van der Waals surface area contributed by atoms with E-state index in [2.05, 4.69) is 25.1 Å². The van der Waals surface area contributed by atoms with Gasteiger partial charge in [-0.05, 0) is 127 Å². The zero-order valence-electron chi connectivity index (χ0n) is 31.2. The average Bonchev–Trinajstić information content (AvgIpc) is 3.92. The van der Waals surface area contributed by atoms with Crippen molar-refractivity contribution in [3.63, 3.8) is 0 Å². The normalized spacial score (nSPS) is 14.6. The van der Waals surface area contributed by atoms with Gasteiger partial charge >= 0.3 is 12.2 Å². The third-order valence-electron chi connectivity index (χ3n) is 7.69. The van der Waals surface area contributed by atoms with Crippen molar-refractivity contribution in [2.75, 3.05) is 27.4 Å². The monoisotopic (exact) mass is 678 g/mol. The van der Waals surface area contributed by atoms with Crippen LogP contribution in [0, 0.1) is 6.92 Å². The molecule has 0 heterocycles. The number of carbonyl (C=O) groups excluding carboxylic acids is 3. The fraction of sp³-hybridized carbons (Fsp3) is 0.575. The number of aryl methyl sites for hydroxylation is 2. The number of methoxy groups -OCH3 is 2. The molecule has 0 aromatic heterocycles. The first-order valence-corrected chi connectivity index (χ1v) is 17.4. The molecule has 49 heavy (non-hydrogen) atoms. The van der Waals surface area contributed by atoms with E-state index in [-0.39, 0.29) is 18.2 Å². The standard InChI is InChI=1S/C20H27NO4.C20H31NO3/c1-20(2,3)25-19(23)21(18-7-8-18)13-16-10-15(6-5-9-24-4)11-17(12-16)14-22;1-15-11-16(7-6-10-23-5)13-17(12-15)14-21(18-8-9-18)19(22)24-20(2,3)4/h5-6,10-12,14,18H,7-9,13H2,1-4H3;11-13,18H,6-10,14H2,1-5H3. The number of aldehydes is 1. The molecule has 9 nitrogen and oxygen atoms in total. The smallest absolute Gasteiger partial charge is 0.410 e. The number of rotatable bonds is 14. The van der Waals surface area contributed by atoms with Gasteiger partial charge in [-0.15, -0.1) is 0 Å². The average molecular weight is 679 g/mol. The summed E-state index contributed by atoms with van der Waals surface area (Å²) in [5.74, 6) is 0. The third-order valence-corrected chi connectivity index (χ3v) is 7.69. The molecule has 2 aliphatic carbocycles. The van der Waals surface area contributed by atoms with Crippen LogP contribution >= 0.6 is 0 Å². The zero-order chi connectivity index (χ0) is 36.2. The summed E-state index contributed by atoms with van der Waals surface area (Å²) in [4.78, 5) is 39.9. The van der Waals surface area contributed by atoms with Gasteiger partial charge < -0.3 is 28.7 Å². The number of amides is 2. The minimum atomic E-state index is -0.525. The van der Waals surface area contributed by atoms with E-state index in [0.717, 1.165) is 62.5 Å². The molecular weight excluding hydrogens is 620 g/mol. The number of carbonyl (C=O) groups is 3. The summed E-state index contributed by atoms with van der Waals surface area (Å²) in [7, 11) is 3.36. The predicted molar refractivity (Wildman–Crippen MR) is 194 cm³/mol. The number of hydrogen-bond donors (Lipinski definition) is 0. The van der Waals surface area contributed by atoms with Crippen LogP contribution in [0.1, 0.15) is 112 Å². The summed E-state index contributed by atoms with van der Waals surface area (Å²) < 4.78 is 21.3. The molecule has 2 aliphatic rings. The molecule has 0 N–H and O–H groups in total. The van der Waals surface area contributed by atoms with Crippen LogP contribution in [0.2, 0.25) is 0 Å². The summed E-state index contributed by atoms with van der Waals surface area (Å²) in [6.07, 6.45) is 10.3.